The van der Waals surface area contributed by atoms with Gasteiger partial charge >= 0.3 is 0 Å². The lowest BCUT2D eigenvalue weighted by atomic mass is 10.2. The van der Waals surface area contributed by atoms with E-state index in [1.807, 2.05) is 13.1 Å². The fourth-order valence-corrected chi connectivity index (χ4v) is 4.54. The van der Waals surface area contributed by atoms with Crippen molar-refractivity contribution in [2.75, 3.05) is 32.9 Å². The van der Waals surface area contributed by atoms with Crippen LogP contribution in [0.4, 0.5) is 0 Å². The molecule has 3 heterocycles. The molecule has 26 heavy (non-hydrogen) atoms. The maximum Gasteiger partial charge on any atom is 0.243 e. The van der Waals surface area contributed by atoms with Gasteiger partial charge in [0.25, 0.3) is 0 Å². The highest BCUT2D eigenvalue weighted by Crippen LogP contribution is 2.34. The summed E-state index contributed by atoms with van der Waals surface area (Å²) in [6.45, 7) is 4.55. The third-order valence-corrected chi connectivity index (χ3v) is 6.39. The number of ether oxygens (including phenoxy) is 3. The number of rotatable bonds is 4. The van der Waals surface area contributed by atoms with Crippen molar-refractivity contribution >= 4 is 10.0 Å². The normalized spacial score (nSPS) is 20.9. The van der Waals surface area contributed by atoms with Crippen LogP contribution in [0.5, 0.6) is 11.5 Å². The first kappa shape index (κ1) is 17.3. The Bertz CT molecular complexity index is 896. The van der Waals surface area contributed by atoms with Gasteiger partial charge in [0.05, 0.1) is 23.8 Å². The molecule has 9 heteroatoms. The predicted octanol–water partition coefficient (Wildman–Crippen LogP) is 1.44. The second kappa shape index (κ2) is 6.90. The molecule has 0 saturated carbocycles. The van der Waals surface area contributed by atoms with Crippen LogP contribution in [0.2, 0.25) is 0 Å². The summed E-state index contributed by atoms with van der Waals surface area (Å²) in [4.78, 5) is 0.201. The quantitative estimate of drug-likeness (QED) is 0.799. The molecule has 0 N–H and O–H groups in total. The molecule has 0 spiro atoms. The minimum atomic E-state index is -3.64. The van der Waals surface area contributed by atoms with E-state index in [-0.39, 0.29) is 17.5 Å². The van der Waals surface area contributed by atoms with Gasteiger partial charge in [-0.2, -0.15) is 9.40 Å². The summed E-state index contributed by atoms with van der Waals surface area (Å²) in [5, 5.41) is 4.24. The van der Waals surface area contributed by atoms with Crippen molar-refractivity contribution in [2.24, 2.45) is 0 Å². The molecular weight excluding hydrogens is 358 g/mol. The molecule has 4 rings (SSSR count). The minimum absolute atomic E-state index is 0.201. The number of hydrogen-bond donors (Lipinski definition) is 0. The van der Waals surface area contributed by atoms with E-state index in [1.165, 1.54) is 10.4 Å². The Morgan fingerprint density at radius 1 is 1.19 bits per heavy atom. The molecule has 1 fully saturated rings. The average Bonchev–Trinajstić information content (AvgIpc) is 3.17. The maximum atomic E-state index is 13.1. The van der Waals surface area contributed by atoms with Crippen molar-refractivity contribution < 1.29 is 22.6 Å². The first-order valence-electron chi connectivity index (χ1n) is 8.61. The van der Waals surface area contributed by atoms with Gasteiger partial charge in [0.1, 0.15) is 13.2 Å². The molecular formula is C17H21N3O5S. The lowest BCUT2D eigenvalue weighted by molar-refractivity contribution is -0.00260. The van der Waals surface area contributed by atoms with E-state index in [0.29, 0.717) is 37.9 Å². The van der Waals surface area contributed by atoms with Crippen LogP contribution in [-0.4, -0.2) is 55.4 Å². The summed E-state index contributed by atoms with van der Waals surface area (Å²) >= 11 is 0. The summed E-state index contributed by atoms with van der Waals surface area (Å²) in [5.74, 6) is 1.04. The first-order valence-corrected chi connectivity index (χ1v) is 10.1. The Kier molecular flexibility index (Phi) is 4.60. The molecule has 2 aromatic rings. The van der Waals surface area contributed by atoms with Gasteiger partial charge in [-0.1, -0.05) is 0 Å². The zero-order chi connectivity index (χ0) is 18.1. The third-order valence-electron chi connectivity index (χ3n) is 4.53. The fraction of sp³-hybridized carbons (Fsp3) is 0.471. The monoisotopic (exact) mass is 379 g/mol. The number of fused-ring (bicyclic) bond motifs is 1. The predicted molar refractivity (Wildman–Crippen MR) is 92.8 cm³/mol. The van der Waals surface area contributed by atoms with Crippen LogP contribution in [0, 0.1) is 0 Å². The molecule has 0 amide bonds. The fourth-order valence-electron chi connectivity index (χ4n) is 3.10. The standard InChI is InChI=1S/C17H21N3O5S/c1-2-19-11-13(10-18-19)17-12-20(5-6-23-17)26(21,22)14-3-4-15-16(9-14)25-8-7-24-15/h3-4,9-11,17H,2,5-8,12H2,1H3. The van der Waals surface area contributed by atoms with Gasteiger partial charge < -0.3 is 14.2 Å². The maximum absolute atomic E-state index is 13.1. The van der Waals surface area contributed by atoms with Crippen molar-refractivity contribution in [1.82, 2.24) is 14.1 Å². The molecule has 140 valence electrons. The molecule has 8 nitrogen and oxygen atoms in total. The topological polar surface area (TPSA) is 82.9 Å². The van der Waals surface area contributed by atoms with Crippen LogP contribution >= 0.6 is 0 Å². The van der Waals surface area contributed by atoms with E-state index >= 15 is 0 Å². The highest BCUT2D eigenvalue weighted by atomic mass is 32.2. The summed E-state index contributed by atoms with van der Waals surface area (Å²) in [6.07, 6.45) is 3.30. The van der Waals surface area contributed by atoms with Crippen molar-refractivity contribution in [3.63, 3.8) is 0 Å². The molecule has 1 aromatic heterocycles. The van der Waals surface area contributed by atoms with E-state index in [9.17, 15) is 8.42 Å². The summed E-state index contributed by atoms with van der Waals surface area (Å²) in [5.41, 5.74) is 0.883. The van der Waals surface area contributed by atoms with Crippen molar-refractivity contribution in [1.29, 1.82) is 0 Å². The molecule has 0 aliphatic carbocycles. The number of benzene rings is 1. The Balaban J connectivity index is 1.57. The molecule has 0 bridgehead atoms. The number of sulfonamides is 1. The summed E-state index contributed by atoms with van der Waals surface area (Å²) in [7, 11) is -3.64. The number of nitrogens with zero attached hydrogens (tertiary/aromatic N) is 3. The first-order chi connectivity index (χ1) is 12.6. The Hall–Kier alpha value is -2.10. The Morgan fingerprint density at radius 3 is 2.77 bits per heavy atom. The Morgan fingerprint density at radius 2 is 2.00 bits per heavy atom. The van der Waals surface area contributed by atoms with Crippen LogP contribution in [0.15, 0.2) is 35.5 Å². The van der Waals surface area contributed by atoms with Gasteiger partial charge in [-0.05, 0) is 19.1 Å². The van der Waals surface area contributed by atoms with Gasteiger partial charge in [0.15, 0.2) is 11.5 Å². The lowest BCUT2D eigenvalue weighted by Gasteiger charge is -2.32. The van der Waals surface area contributed by atoms with Gasteiger partial charge in [0, 0.05) is 37.5 Å². The van der Waals surface area contributed by atoms with E-state index in [1.54, 1.807) is 23.0 Å². The van der Waals surface area contributed by atoms with Gasteiger partial charge in [0.2, 0.25) is 10.0 Å². The molecule has 2 aliphatic rings. The second-order valence-electron chi connectivity index (χ2n) is 6.16. The third kappa shape index (κ3) is 3.17. The van der Waals surface area contributed by atoms with Crippen molar-refractivity contribution in [2.45, 2.75) is 24.5 Å². The molecule has 1 saturated heterocycles. The molecule has 1 atom stereocenters. The zero-order valence-electron chi connectivity index (χ0n) is 14.5. The van der Waals surface area contributed by atoms with E-state index < -0.39 is 10.0 Å². The van der Waals surface area contributed by atoms with Crippen molar-refractivity contribution in [3.8, 4) is 11.5 Å². The highest BCUT2D eigenvalue weighted by Gasteiger charge is 2.32. The number of morpholine rings is 1. The van der Waals surface area contributed by atoms with Crippen LogP contribution in [0.3, 0.4) is 0 Å². The highest BCUT2D eigenvalue weighted by molar-refractivity contribution is 7.89. The van der Waals surface area contributed by atoms with Gasteiger partial charge in [-0.15, -0.1) is 0 Å². The van der Waals surface area contributed by atoms with E-state index in [0.717, 1.165) is 12.1 Å². The number of hydrogen-bond acceptors (Lipinski definition) is 6. The molecule has 0 radical (unpaired) electrons. The average molecular weight is 379 g/mol. The van der Waals surface area contributed by atoms with Crippen LogP contribution < -0.4 is 9.47 Å². The van der Waals surface area contributed by atoms with E-state index in [2.05, 4.69) is 5.10 Å². The zero-order valence-corrected chi connectivity index (χ0v) is 15.3. The minimum Gasteiger partial charge on any atom is -0.486 e. The molecule has 1 aromatic carbocycles. The number of aryl methyl sites for hydroxylation is 1. The molecule has 1 unspecified atom stereocenters. The van der Waals surface area contributed by atoms with Crippen LogP contribution in [0.25, 0.3) is 0 Å². The molecule has 2 aliphatic heterocycles. The largest absolute Gasteiger partial charge is 0.486 e. The lowest BCUT2D eigenvalue weighted by Crippen LogP contribution is -2.42. The SMILES string of the molecule is CCn1cc(C2CN(S(=O)(=O)c3ccc4c(c3)OCCO4)CCO2)cn1. The smallest absolute Gasteiger partial charge is 0.243 e. The Labute approximate surface area is 152 Å². The van der Waals surface area contributed by atoms with Crippen LogP contribution in [-0.2, 0) is 21.3 Å². The van der Waals surface area contributed by atoms with Gasteiger partial charge in [-0.3, -0.25) is 4.68 Å². The van der Waals surface area contributed by atoms with Gasteiger partial charge in [-0.25, -0.2) is 8.42 Å². The second-order valence-corrected chi connectivity index (χ2v) is 8.10. The number of aromatic nitrogens is 2. The summed E-state index contributed by atoms with van der Waals surface area (Å²) < 4.78 is 46.1. The van der Waals surface area contributed by atoms with E-state index in [4.69, 9.17) is 14.2 Å². The van der Waals surface area contributed by atoms with Crippen molar-refractivity contribution in [3.05, 3.63) is 36.2 Å². The summed E-state index contributed by atoms with van der Waals surface area (Å²) in [6, 6.07) is 4.73. The van der Waals surface area contributed by atoms with Crippen LogP contribution in [0.1, 0.15) is 18.6 Å².